The Balaban J connectivity index is 1.71. The summed E-state index contributed by atoms with van der Waals surface area (Å²) < 4.78 is 3.10. The van der Waals surface area contributed by atoms with Crippen LogP contribution in [0.1, 0.15) is 0 Å². The molecule has 0 unspecified atom stereocenters. The molecule has 3 aromatic carbocycles. The molecule has 4 rings (SSSR count). The number of rotatable bonds is 2. The van der Waals surface area contributed by atoms with Crippen molar-refractivity contribution in [1.29, 1.82) is 0 Å². The minimum absolute atomic E-state index is 0.0261. The lowest BCUT2D eigenvalue weighted by Gasteiger charge is -2.42. The van der Waals surface area contributed by atoms with Crippen molar-refractivity contribution in [3.8, 4) is 0 Å². The molecular formula is C17H10Cl2N3O3S-. The number of nitrogens with one attached hydrogen (secondary N) is 2. The van der Waals surface area contributed by atoms with E-state index in [4.69, 9.17) is 23.2 Å². The average molecular weight is 407 g/mol. The van der Waals surface area contributed by atoms with Crippen molar-refractivity contribution in [2.75, 3.05) is 10.0 Å². The van der Waals surface area contributed by atoms with E-state index in [0.717, 1.165) is 15.7 Å². The zero-order chi connectivity index (χ0) is 18.5. The molecule has 0 saturated carbocycles. The molecule has 2 amide bonds. The zero-order valence-corrected chi connectivity index (χ0v) is 15.3. The van der Waals surface area contributed by atoms with Gasteiger partial charge in [0.05, 0.1) is 16.4 Å². The molecule has 0 saturated heterocycles. The Morgan fingerprint density at radius 2 is 1.85 bits per heavy atom. The third-order valence-corrected chi connectivity index (χ3v) is 5.70. The Labute approximate surface area is 162 Å². The topological polar surface area (TPSA) is 87.2 Å². The summed E-state index contributed by atoms with van der Waals surface area (Å²) in [7, 11) is 0. The lowest BCUT2D eigenvalue weighted by Crippen LogP contribution is -2.46. The smallest absolute Gasteiger partial charge is 0.426 e. The highest BCUT2D eigenvalue weighted by molar-refractivity contribution is 8.01. The molecule has 0 spiro atoms. The minimum Gasteiger partial charge on any atom is -0.617 e. The van der Waals surface area contributed by atoms with E-state index < -0.39 is 16.5 Å². The molecule has 0 aromatic heterocycles. The van der Waals surface area contributed by atoms with Gasteiger partial charge in [0, 0.05) is 16.3 Å². The van der Waals surface area contributed by atoms with Crippen molar-refractivity contribution in [3.63, 3.8) is 0 Å². The van der Waals surface area contributed by atoms with Gasteiger partial charge in [-0.25, -0.2) is 4.79 Å². The number of nitrogens with zero attached hydrogens (tertiary/aromatic N) is 1. The Kier molecular flexibility index (Phi) is 4.23. The molecule has 1 aliphatic rings. The molecule has 0 bridgehead atoms. The Morgan fingerprint density at radius 1 is 1.08 bits per heavy atom. The second kappa shape index (κ2) is 6.31. The normalized spacial score (nSPS) is 12.9. The standard InChI is InChI=1S/C17H10Cl2N3O3S/c18-10-4-2-5-12(15(10)19)22(24,25)17(23)20-11-8-7-9-3-1-6-13-14(9)16(11)21-26-13/h1-8,21H,(H,20,23)/q-1. The van der Waals surface area contributed by atoms with E-state index >= 15 is 0 Å². The van der Waals surface area contributed by atoms with Gasteiger partial charge >= 0.3 is 6.03 Å². The van der Waals surface area contributed by atoms with Crippen LogP contribution in [0.4, 0.5) is 21.9 Å². The fourth-order valence-electron chi connectivity index (χ4n) is 2.76. The van der Waals surface area contributed by atoms with Gasteiger partial charge in [-0.2, -0.15) is 0 Å². The van der Waals surface area contributed by atoms with Gasteiger partial charge in [0.15, 0.2) is 5.69 Å². The molecule has 9 heteroatoms. The van der Waals surface area contributed by atoms with Crippen LogP contribution in [0.15, 0.2) is 53.4 Å². The third-order valence-electron chi connectivity index (χ3n) is 4.03. The number of carbonyl (C=O) groups excluding carboxylic acids is 1. The fraction of sp³-hybridized carbons (Fsp3) is 0. The first kappa shape index (κ1) is 17.4. The van der Waals surface area contributed by atoms with Gasteiger partial charge in [-0.1, -0.05) is 47.5 Å². The summed E-state index contributed by atoms with van der Waals surface area (Å²) >= 11 is 13.2. The van der Waals surface area contributed by atoms with Gasteiger partial charge in [-0.05, 0) is 35.5 Å². The van der Waals surface area contributed by atoms with Gasteiger partial charge in [0.2, 0.25) is 0 Å². The van der Waals surface area contributed by atoms with E-state index in [9.17, 15) is 15.2 Å². The number of hydrogen-bond acceptors (Lipinski definition) is 5. The fourth-order valence-corrected chi connectivity index (χ4v) is 4.06. The number of hydroxylamine groups is 2. The van der Waals surface area contributed by atoms with E-state index in [2.05, 4.69) is 10.0 Å². The van der Waals surface area contributed by atoms with Crippen LogP contribution in [-0.4, -0.2) is 6.03 Å². The van der Waals surface area contributed by atoms with Crippen molar-refractivity contribution < 1.29 is 4.79 Å². The molecule has 1 aliphatic heterocycles. The number of benzene rings is 3. The van der Waals surface area contributed by atoms with Crippen LogP contribution in [-0.2, 0) is 0 Å². The van der Waals surface area contributed by atoms with Crippen molar-refractivity contribution >= 4 is 69.0 Å². The highest BCUT2D eigenvalue weighted by atomic mass is 35.5. The van der Waals surface area contributed by atoms with Crippen LogP contribution < -0.4 is 14.8 Å². The van der Waals surface area contributed by atoms with E-state index in [1.807, 2.05) is 24.3 Å². The number of quaternary nitrogens is 1. The zero-order valence-electron chi connectivity index (χ0n) is 13.0. The lowest BCUT2D eigenvalue weighted by molar-refractivity contribution is 0.239. The quantitative estimate of drug-likeness (QED) is 0.304. The highest BCUT2D eigenvalue weighted by Crippen LogP contribution is 2.45. The highest BCUT2D eigenvalue weighted by Gasteiger charge is 2.27. The molecule has 0 fully saturated rings. The van der Waals surface area contributed by atoms with Crippen molar-refractivity contribution in [2.45, 2.75) is 4.90 Å². The van der Waals surface area contributed by atoms with Gasteiger partial charge in [-0.3, -0.25) is 10.1 Å². The molecule has 6 nitrogen and oxygen atoms in total. The Bertz CT molecular complexity index is 1060. The van der Waals surface area contributed by atoms with Gasteiger partial charge < -0.3 is 15.1 Å². The maximum Gasteiger partial charge on any atom is 0.426 e. The van der Waals surface area contributed by atoms with Gasteiger partial charge in [0.1, 0.15) is 5.02 Å². The van der Waals surface area contributed by atoms with E-state index in [1.165, 1.54) is 30.1 Å². The number of carbonyl (C=O) groups is 1. The van der Waals surface area contributed by atoms with Crippen LogP contribution in [0.2, 0.25) is 10.0 Å². The van der Waals surface area contributed by atoms with Crippen molar-refractivity contribution in [3.05, 3.63) is 69.0 Å². The van der Waals surface area contributed by atoms with Crippen molar-refractivity contribution in [1.82, 2.24) is 4.81 Å². The molecule has 26 heavy (non-hydrogen) atoms. The van der Waals surface area contributed by atoms with Crippen LogP contribution >= 0.6 is 35.1 Å². The number of halogens is 2. The Hall–Kier alpha value is -2.00. The summed E-state index contributed by atoms with van der Waals surface area (Å²) in [6.45, 7) is 0. The van der Waals surface area contributed by atoms with Crippen LogP contribution in [0.3, 0.4) is 0 Å². The van der Waals surface area contributed by atoms with Crippen LogP contribution in [0, 0.1) is 10.4 Å². The minimum atomic E-state index is -2.58. The summed E-state index contributed by atoms with van der Waals surface area (Å²) in [6.07, 6.45) is 0. The molecular weight excluding hydrogens is 397 g/mol. The second-order valence-electron chi connectivity index (χ2n) is 5.60. The molecule has 0 radical (unpaired) electrons. The predicted octanol–water partition coefficient (Wildman–Crippen LogP) is 6.11. The summed E-state index contributed by atoms with van der Waals surface area (Å²) in [4.78, 5) is 10.8. The average Bonchev–Trinajstić information content (AvgIpc) is 3.05. The van der Waals surface area contributed by atoms with Gasteiger partial charge in [0.25, 0.3) is 0 Å². The summed E-state index contributed by atoms with van der Waals surface area (Å²) in [5.74, 6) is 0. The SMILES string of the molecule is O=C(Nc1ccc2cccc3c2c1NS3)[N+]([O-])([O-])c1cccc(Cl)c1Cl. The van der Waals surface area contributed by atoms with E-state index in [-0.39, 0.29) is 10.0 Å². The molecule has 132 valence electrons. The van der Waals surface area contributed by atoms with Crippen LogP contribution in [0.25, 0.3) is 10.8 Å². The molecule has 0 atom stereocenters. The first-order valence-corrected chi connectivity index (χ1v) is 9.02. The largest absolute Gasteiger partial charge is 0.617 e. The van der Waals surface area contributed by atoms with Crippen LogP contribution in [0.5, 0.6) is 0 Å². The van der Waals surface area contributed by atoms with Gasteiger partial charge in [-0.15, -0.1) is 0 Å². The maximum absolute atomic E-state index is 12.5. The number of anilines is 2. The van der Waals surface area contributed by atoms with E-state index in [1.54, 1.807) is 6.07 Å². The number of amides is 2. The molecule has 1 heterocycles. The summed E-state index contributed by atoms with van der Waals surface area (Å²) in [5, 5.41) is 29.0. The summed E-state index contributed by atoms with van der Waals surface area (Å²) in [5.41, 5.74) is 0.512. The van der Waals surface area contributed by atoms with Crippen molar-refractivity contribution in [2.24, 2.45) is 0 Å². The monoisotopic (exact) mass is 406 g/mol. The lowest BCUT2D eigenvalue weighted by atomic mass is 10.1. The summed E-state index contributed by atoms with van der Waals surface area (Å²) in [6, 6.07) is 11.9. The molecule has 3 aromatic rings. The predicted molar refractivity (Wildman–Crippen MR) is 107 cm³/mol. The second-order valence-corrected chi connectivity index (χ2v) is 7.23. The maximum atomic E-state index is 12.5. The third kappa shape index (κ3) is 2.69. The van der Waals surface area contributed by atoms with E-state index in [0.29, 0.717) is 11.4 Å². The Morgan fingerprint density at radius 3 is 2.65 bits per heavy atom. The first-order chi connectivity index (χ1) is 12.4. The molecule has 2 N–H and O–H groups in total. The first-order valence-electron chi connectivity index (χ1n) is 7.45. The molecule has 0 aliphatic carbocycles. The number of hydrogen-bond donors (Lipinski definition) is 2. The number of urea groups is 1.